The Morgan fingerprint density at radius 1 is 1.04 bits per heavy atom. The van der Waals surface area contributed by atoms with Crippen LogP contribution in [0, 0.1) is 6.92 Å². The van der Waals surface area contributed by atoms with Crippen molar-refractivity contribution in [1.29, 1.82) is 0 Å². The molecule has 0 saturated heterocycles. The second-order valence-electron chi connectivity index (χ2n) is 6.90. The van der Waals surface area contributed by atoms with Crippen LogP contribution in [0.15, 0.2) is 71.3 Å². The number of halogens is 1. The van der Waals surface area contributed by atoms with E-state index in [1.807, 2.05) is 34.9 Å². The molecule has 0 unspecified atom stereocenters. The smallest absolute Gasteiger partial charge is 0.268 e. The minimum absolute atomic E-state index is 0.104. The van der Waals surface area contributed by atoms with Crippen LogP contribution in [-0.2, 0) is 13.0 Å². The number of amides is 1. The predicted octanol–water partition coefficient (Wildman–Crippen LogP) is 5.22. The number of rotatable bonds is 6. The summed E-state index contributed by atoms with van der Waals surface area (Å²) < 4.78 is 7.52. The van der Waals surface area contributed by atoms with Crippen molar-refractivity contribution in [2.75, 3.05) is 6.54 Å². The van der Waals surface area contributed by atoms with Crippen LogP contribution in [-0.4, -0.2) is 17.0 Å². The Bertz CT molecular complexity index is 1090. The number of furan rings is 1. The summed E-state index contributed by atoms with van der Waals surface area (Å²) >= 11 is 5.92. The number of benzene rings is 2. The average molecular weight is 393 g/mol. The van der Waals surface area contributed by atoms with Gasteiger partial charge in [-0.05, 0) is 36.6 Å². The van der Waals surface area contributed by atoms with Gasteiger partial charge in [-0.3, -0.25) is 4.79 Å². The molecule has 142 valence electrons. The Labute approximate surface area is 168 Å². The molecule has 2 aromatic heterocycles. The molecule has 2 heterocycles. The molecule has 1 amide bonds. The SMILES string of the molecule is Cc1ccc(Cn2c(C(=O)NCCc3ccc(Cl)cc3)cc3occc32)cc1. The Hall–Kier alpha value is -2.98. The van der Waals surface area contributed by atoms with Gasteiger partial charge in [0.25, 0.3) is 5.91 Å². The molecule has 0 fully saturated rings. The second kappa shape index (κ2) is 7.95. The van der Waals surface area contributed by atoms with Crippen molar-refractivity contribution in [2.24, 2.45) is 0 Å². The molecule has 0 atom stereocenters. The molecule has 28 heavy (non-hydrogen) atoms. The van der Waals surface area contributed by atoms with E-state index < -0.39 is 0 Å². The van der Waals surface area contributed by atoms with E-state index in [1.54, 1.807) is 12.3 Å². The van der Waals surface area contributed by atoms with Gasteiger partial charge < -0.3 is 14.3 Å². The minimum atomic E-state index is -0.104. The summed E-state index contributed by atoms with van der Waals surface area (Å²) in [6.45, 7) is 3.23. The van der Waals surface area contributed by atoms with Crippen molar-refractivity contribution in [3.8, 4) is 0 Å². The number of aryl methyl sites for hydroxylation is 1. The molecule has 4 rings (SSSR count). The first-order valence-electron chi connectivity index (χ1n) is 9.25. The van der Waals surface area contributed by atoms with Gasteiger partial charge in [-0.1, -0.05) is 53.6 Å². The topological polar surface area (TPSA) is 47.2 Å². The van der Waals surface area contributed by atoms with Crippen LogP contribution in [0.4, 0.5) is 0 Å². The Kier molecular flexibility index (Phi) is 5.22. The van der Waals surface area contributed by atoms with Crippen molar-refractivity contribution in [3.63, 3.8) is 0 Å². The van der Waals surface area contributed by atoms with E-state index in [1.165, 1.54) is 5.56 Å². The second-order valence-corrected chi connectivity index (χ2v) is 7.34. The van der Waals surface area contributed by atoms with E-state index in [0.717, 1.165) is 28.6 Å². The molecule has 4 nitrogen and oxygen atoms in total. The van der Waals surface area contributed by atoms with Crippen LogP contribution in [0.25, 0.3) is 11.1 Å². The standard InChI is InChI=1S/C23H21ClN2O2/c1-16-2-4-18(5-3-16)15-26-20-11-13-28-22(20)14-21(26)23(27)25-12-10-17-6-8-19(24)9-7-17/h2-9,11,13-14H,10,12,15H2,1H3,(H,25,27). The lowest BCUT2D eigenvalue weighted by atomic mass is 10.1. The molecule has 1 N–H and O–H groups in total. The first-order chi connectivity index (χ1) is 13.6. The Morgan fingerprint density at radius 2 is 1.75 bits per heavy atom. The van der Waals surface area contributed by atoms with Gasteiger partial charge in [-0.2, -0.15) is 0 Å². The summed E-state index contributed by atoms with van der Waals surface area (Å²) in [7, 11) is 0. The Balaban J connectivity index is 1.50. The fourth-order valence-corrected chi connectivity index (χ4v) is 3.40. The zero-order valence-electron chi connectivity index (χ0n) is 15.6. The predicted molar refractivity (Wildman–Crippen MR) is 112 cm³/mol. The maximum atomic E-state index is 12.8. The molecule has 0 bridgehead atoms. The third kappa shape index (κ3) is 3.97. The van der Waals surface area contributed by atoms with Crippen molar-refractivity contribution < 1.29 is 9.21 Å². The van der Waals surface area contributed by atoms with E-state index in [2.05, 4.69) is 36.5 Å². The van der Waals surface area contributed by atoms with Gasteiger partial charge in [0.1, 0.15) is 5.69 Å². The highest BCUT2D eigenvalue weighted by Gasteiger charge is 2.17. The zero-order valence-corrected chi connectivity index (χ0v) is 16.4. The molecule has 0 aliphatic rings. The summed E-state index contributed by atoms with van der Waals surface area (Å²) in [6, 6.07) is 19.7. The van der Waals surface area contributed by atoms with Crippen molar-refractivity contribution in [3.05, 3.63) is 94.3 Å². The number of fused-ring (bicyclic) bond motifs is 1. The van der Waals surface area contributed by atoms with E-state index in [4.69, 9.17) is 16.0 Å². The summed E-state index contributed by atoms with van der Waals surface area (Å²) in [5, 5.41) is 3.73. The highest BCUT2D eigenvalue weighted by molar-refractivity contribution is 6.30. The third-order valence-corrected chi connectivity index (χ3v) is 5.08. The first-order valence-corrected chi connectivity index (χ1v) is 9.63. The van der Waals surface area contributed by atoms with Crippen molar-refractivity contribution in [2.45, 2.75) is 19.9 Å². The molecule has 0 spiro atoms. The van der Waals surface area contributed by atoms with Gasteiger partial charge >= 0.3 is 0 Å². The lowest BCUT2D eigenvalue weighted by Gasteiger charge is -2.11. The molecule has 4 aromatic rings. The van der Waals surface area contributed by atoms with E-state index in [9.17, 15) is 4.79 Å². The fourth-order valence-electron chi connectivity index (χ4n) is 3.27. The van der Waals surface area contributed by atoms with Gasteiger partial charge in [-0.15, -0.1) is 0 Å². The Morgan fingerprint density at radius 3 is 2.50 bits per heavy atom. The summed E-state index contributed by atoms with van der Waals surface area (Å²) in [5.74, 6) is -0.104. The normalized spacial score (nSPS) is 11.1. The van der Waals surface area contributed by atoms with Crippen molar-refractivity contribution in [1.82, 2.24) is 9.88 Å². The highest BCUT2D eigenvalue weighted by Crippen LogP contribution is 2.23. The number of carbonyl (C=O) groups excluding carboxylic acids is 1. The molecule has 2 aromatic carbocycles. The number of hydrogen-bond donors (Lipinski definition) is 1. The summed E-state index contributed by atoms with van der Waals surface area (Å²) in [6.07, 6.45) is 2.40. The number of carbonyl (C=O) groups is 1. The third-order valence-electron chi connectivity index (χ3n) is 4.83. The number of hydrogen-bond acceptors (Lipinski definition) is 2. The molecular formula is C23H21ClN2O2. The van der Waals surface area contributed by atoms with Gasteiger partial charge in [-0.25, -0.2) is 0 Å². The maximum absolute atomic E-state index is 12.8. The van der Waals surface area contributed by atoms with Crippen molar-refractivity contribution >= 4 is 28.6 Å². The van der Waals surface area contributed by atoms with Gasteiger partial charge in [0.2, 0.25) is 0 Å². The van der Waals surface area contributed by atoms with Crippen LogP contribution < -0.4 is 5.32 Å². The van der Waals surface area contributed by atoms with E-state index >= 15 is 0 Å². The quantitative estimate of drug-likeness (QED) is 0.489. The van der Waals surface area contributed by atoms with E-state index in [-0.39, 0.29) is 5.91 Å². The average Bonchev–Trinajstić information content (AvgIpc) is 3.28. The molecule has 0 saturated carbocycles. The number of aromatic nitrogens is 1. The monoisotopic (exact) mass is 392 g/mol. The number of nitrogens with one attached hydrogen (secondary N) is 1. The lowest BCUT2D eigenvalue weighted by Crippen LogP contribution is -2.28. The molecule has 0 aliphatic heterocycles. The van der Waals surface area contributed by atoms with Crippen LogP contribution in [0.5, 0.6) is 0 Å². The summed E-state index contributed by atoms with van der Waals surface area (Å²) in [5.41, 5.74) is 5.72. The molecular weight excluding hydrogens is 372 g/mol. The number of nitrogens with zero attached hydrogens (tertiary/aromatic N) is 1. The minimum Gasteiger partial charge on any atom is -0.463 e. The summed E-state index contributed by atoms with van der Waals surface area (Å²) in [4.78, 5) is 12.8. The van der Waals surface area contributed by atoms with Gasteiger partial charge in [0.05, 0.1) is 11.8 Å². The maximum Gasteiger partial charge on any atom is 0.268 e. The first kappa shape index (κ1) is 18.4. The van der Waals surface area contributed by atoms with Crippen LogP contribution >= 0.6 is 11.6 Å². The van der Waals surface area contributed by atoms with Crippen LogP contribution in [0.1, 0.15) is 27.2 Å². The lowest BCUT2D eigenvalue weighted by molar-refractivity contribution is 0.0945. The zero-order chi connectivity index (χ0) is 19.5. The molecule has 0 aliphatic carbocycles. The van der Waals surface area contributed by atoms with Crippen LogP contribution in [0.3, 0.4) is 0 Å². The molecule has 5 heteroatoms. The van der Waals surface area contributed by atoms with Gasteiger partial charge in [0.15, 0.2) is 5.58 Å². The molecule has 0 radical (unpaired) electrons. The highest BCUT2D eigenvalue weighted by atomic mass is 35.5. The largest absolute Gasteiger partial charge is 0.463 e. The fraction of sp³-hybridized carbons (Fsp3) is 0.174. The van der Waals surface area contributed by atoms with Gasteiger partial charge in [0, 0.05) is 30.2 Å². The van der Waals surface area contributed by atoms with Crippen LogP contribution in [0.2, 0.25) is 5.02 Å². The van der Waals surface area contributed by atoms with E-state index in [0.29, 0.717) is 23.8 Å².